The topological polar surface area (TPSA) is 96.1 Å². The number of H-pyrrole nitrogens is 1. The van der Waals surface area contributed by atoms with Gasteiger partial charge >= 0.3 is 6.09 Å². The van der Waals surface area contributed by atoms with Gasteiger partial charge in [0.25, 0.3) is 5.91 Å². The molecule has 0 radical (unpaired) electrons. The number of pyridine rings is 1. The van der Waals surface area contributed by atoms with E-state index in [4.69, 9.17) is 4.74 Å². The molecule has 0 spiro atoms. The first-order valence-electron chi connectivity index (χ1n) is 9.60. The summed E-state index contributed by atoms with van der Waals surface area (Å²) in [4.78, 5) is 31.3. The van der Waals surface area contributed by atoms with Crippen LogP contribution in [0.4, 0.5) is 4.79 Å². The van der Waals surface area contributed by atoms with Gasteiger partial charge in [-0.2, -0.15) is 0 Å². The molecule has 0 aliphatic rings. The van der Waals surface area contributed by atoms with Crippen molar-refractivity contribution in [2.75, 3.05) is 13.1 Å². The first-order valence-corrected chi connectivity index (χ1v) is 9.60. The van der Waals surface area contributed by atoms with Gasteiger partial charge in [0.1, 0.15) is 11.3 Å². The van der Waals surface area contributed by atoms with Gasteiger partial charge < -0.3 is 20.4 Å². The van der Waals surface area contributed by atoms with Crippen LogP contribution in [0.5, 0.6) is 0 Å². The van der Waals surface area contributed by atoms with E-state index in [9.17, 15) is 9.59 Å². The fourth-order valence-electron chi connectivity index (χ4n) is 2.85. The minimum absolute atomic E-state index is 0.179. The maximum Gasteiger partial charge on any atom is 0.407 e. The van der Waals surface area contributed by atoms with Crippen LogP contribution in [0.25, 0.3) is 22.0 Å². The van der Waals surface area contributed by atoms with E-state index in [0.29, 0.717) is 25.2 Å². The molecule has 2 heterocycles. The molecule has 2 aromatic heterocycles. The molecule has 2 amide bonds. The highest BCUT2D eigenvalue weighted by Gasteiger charge is 2.15. The number of aromatic nitrogens is 2. The summed E-state index contributed by atoms with van der Waals surface area (Å²) in [6, 6.07) is 11.7. The van der Waals surface area contributed by atoms with E-state index in [0.717, 1.165) is 22.0 Å². The number of aromatic amines is 1. The van der Waals surface area contributed by atoms with E-state index in [1.807, 2.05) is 63.4 Å². The Bertz CT molecular complexity index is 990. The van der Waals surface area contributed by atoms with E-state index in [1.54, 1.807) is 6.20 Å². The zero-order chi connectivity index (χ0) is 20.9. The van der Waals surface area contributed by atoms with E-state index in [2.05, 4.69) is 20.6 Å². The molecule has 3 aromatic rings. The Kier molecular flexibility index (Phi) is 6.16. The maximum absolute atomic E-state index is 12.4. The lowest BCUT2D eigenvalue weighted by atomic mass is 10.1. The summed E-state index contributed by atoms with van der Waals surface area (Å²) in [7, 11) is 0. The van der Waals surface area contributed by atoms with Crippen molar-refractivity contribution < 1.29 is 14.3 Å². The molecule has 0 saturated carbocycles. The number of nitrogens with zero attached hydrogens (tertiary/aromatic N) is 1. The SMILES string of the molecule is CC(C)(C)OC(=O)NCCCNC(=O)c1cc2ccc(-c3cccnc3)cc2[nH]1. The molecule has 0 aliphatic carbocycles. The number of fused-ring (bicyclic) bond motifs is 1. The molecule has 0 aliphatic heterocycles. The zero-order valence-corrected chi connectivity index (χ0v) is 16.9. The number of alkyl carbamates (subject to hydrolysis) is 1. The Morgan fingerprint density at radius 1 is 1.07 bits per heavy atom. The Hall–Kier alpha value is -3.35. The van der Waals surface area contributed by atoms with Crippen molar-refractivity contribution in [1.82, 2.24) is 20.6 Å². The van der Waals surface area contributed by atoms with Crippen LogP contribution in [-0.4, -0.2) is 40.7 Å². The lowest BCUT2D eigenvalue weighted by molar-refractivity contribution is 0.0527. The lowest BCUT2D eigenvalue weighted by Crippen LogP contribution is -2.34. The number of carbonyl (C=O) groups is 2. The number of carbonyl (C=O) groups excluding carboxylic acids is 2. The average molecular weight is 394 g/mol. The van der Waals surface area contributed by atoms with Gasteiger partial charge in [0.2, 0.25) is 0 Å². The number of rotatable bonds is 6. The predicted octanol–water partition coefficient (Wildman–Crippen LogP) is 3.87. The Morgan fingerprint density at radius 2 is 1.86 bits per heavy atom. The fraction of sp³-hybridized carbons (Fsp3) is 0.318. The average Bonchev–Trinajstić information content (AvgIpc) is 3.10. The molecule has 1 aromatic carbocycles. The molecule has 0 saturated heterocycles. The summed E-state index contributed by atoms with van der Waals surface area (Å²) in [6.07, 6.45) is 3.70. The molecule has 152 valence electrons. The molecule has 0 atom stereocenters. The summed E-state index contributed by atoms with van der Waals surface area (Å²) in [6.45, 7) is 6.31. The minimum Gasteiger partial charge on any atom is -0.444 e. The first kappa shape index (κ1) is 20.4. The van der Waals surface area contributed by atoms with Gasteiger partial charge in [0, 0.05) is 41.9 Å². The van der Waals surface area contributed by atoms with Crippen molar-refractivity contribution in [3.8, 4) is 11.1 Å². The Morgan fingerprint density at radius 3 is 2.59 bits per heavy atom. The molecule has 3 rings (SSSR count). The number of nitrogens with one attached hydrogen (secondary N) is 3. The smallest absolute Gasteiger partial charge is 0.407 e. The van der Waals surface area contributed by atoms with Crippen LogP contribution in [-0.2, 0) is 4.74 Å². The van der Waals surface area contributed by atoms with Crippen molar-refractivity contribution in [3.05, 3.63) is 54.5 Å². The summed E-state index contributed by atoms with van der Waals surface area (Å²) >= 11 is 0. The predicted molar refractivity (Wildman–Crippen MR) is 113 cm³/mol. The standard InChI is InChI=1S/C22H26N4O3/c1-22(2,3)29-21(28)25-11-5-10-24-20(27)19-13-16-8-7-15(12-18(16)26-19)17-6-4-9-23-14-17/h4,6-9,12-14,26H,5,10-11H2,1-3H3,(H,24,27)(H,25,28). The molecular formula is C22H26N4O3. The van der Waals surface area contributed by atoms with Crippen LogP contribution in [0, 0.1) is 0 Å². The van der Waals surface area contributed by atoms with E-state index >= 15 is 0 Å². The van der Waals surface area contributed by atoms with Gasteiger partial charge in [-0.15, -0.1) is 0 Å². The van der Waals surface area contributed by atoms with Gasteiger partial charge in [-0.3, -0.25) is 9.78 Å². The number of benzene rings is 1. The summed E-state index contributed by atoms with van der Waals surface area (Å²) in [5.41, 5.74) is 2.93. The van der Waals surface area contributed by atoms with Crippen LogP contribution >= 0.6 is 0 Å². The van der Waals surface area contributed by atoms with Crippen molar-refractivity contribution in [2.24, 2.45) is 0 Å². The van der Waals surface area contributed by atoms with Crippen LogP contribution in [0.15, 0.2) is 48.8 Å². The zero-order valence-electron chi connectivity index (χ0n) is 16.9. The van der Waals surface area contributed by atoms with Crippen molar-refractivity contribution in [1.29, 1.82) is 0 Å². The van der Waals surface area contributed by atoms with E-state index in [1.165, 1.54) is 0 Å². The first-order chi connectivity index (χ1) is 13.8. The third-order valence-corrected chi connectivity index (χ3v) is 4.17. The Balaban J connectivity index is 1.51. The van der Waals surface area contributed by atoms with E-state index in [-0.39, 0.29) is 5.91 Å². The molecule has 0 bridgehead atoms. The largest absolute Gasteiger partial charge is 0.444 e. The molecule has 3 N–H and O–H groups in total. The van der Waals surface area contributed by atoms with Gasteiger partial charge in [-0.25, -0.2) is 4.79 Å². The van der Waals surface area contributed by atoms with Crippen LogP contribution < -0.4 is 10.6 Å². The normalized spacial score (nSPS) is 11.3. The number of ether oxygens (including phenoxy) is 1. The highest BCUT2D eigenvalue weighted by Crippen LogP contribution is 2.24. The van der Waals surface area contributed by atoms with Crippen LogP contribution in [0.2, 0.25) is 0 Å². The van der Waals surface area contributed by atoms with E-state index < -0.39 is 11.7 Å². The molecular weight excluding hydrogens is 368 g/mol. The number of hydrogen-bond acceptors (Lipinski definition) is 4. The molecule has 7 heteroatoms. The summed E-state index contributed by atoms with van der Waals surface area (Å²) in [5.74, 6) is -0.179. The summed E-state index contributed by atoms with van der Waals surface area (Å²) < 4.78 is 5.16. The molecule has 7 nitrogen and oxygen atoms in total. The summed E-state index contributed by atoms with van der Waals surface area (Å²) in [5, 5.41) is 6.49. The van der Waals surface area contributed by atoms with Gasteiger partial charge in [-0.1, -0.05) is 18.2 Å². The lowest BCUT2D eigenvalue weighted by Gasteiger charge is -2.19. The second-order valence-electron chi connectivity index (χ2n) is 7.76. The van der Waals surface area contributed by atoms with Crippen LogP contribution in [0.3, 0.4) is 0 Å². The van der Waals surface area contributed by atoms with Crippen molar-refractivity contribution >= 4 is 22.9 Å². The second kappa shape index (κ2) is 8.77. The second-order valence-corrected chi connectivity index (χ2v) is 7.76. The number of amides is 2. The number of hydrogen-bond donors (Lipinski definition) is 3. The van der Waals surface area contributed by atoms with Crippen molar-refractivity contribution in [3.63, 3.8) is 0 Å². The monoisotopic (exact) mass is 394 g/mol. The third-order valence-electron chi connectivity index (χ3n) is 4.17. The molecule has 0 unspecified atom stereocenters. The third kappa shape index (κ3) is 5.81. The van der Waals surface area contributed by atoms with Crippen molar-refractivity contribution in [2.45, 2.75) is 32.8 Å². The Labute approximate surface area is 169 Å². The minimum atomic E-state index is -0.523. The fourth-order valence-corrected chi connectivity index (χ4v) is 2.85. The molecule has 0 fully saturated rings. The molecule has 29 heavy (non-hydrogen) atoms. The highest BCUT2D eigenvalue weighted by atomic mass is 16.6. The van der Waals surface area contributed by atoms with Crippen LogP contribution in [0.1, 0.15) is 37.7 Å². The van der Waals surface area contributed by atoms with Gasteiger partial charge in [0.15, 0.2) is 0 Å². The quantitative estimate of drug-likeness (QED) is 0.553. The van der Waals surface area contributed by atoms with Gasteiger partial charge in [0.05, 0.1) is 0 Å². The van der Waals surface area contributed by atoms with Gasteiger partial charge in [-0.05, 0) is 51.0 Å². The highest BCUT2D eigenvalue weighted by molar-refractivity contribution is 5.98. The maximum atomic E-state index is 12.4.